The van der Waals surface area contributed by atoms with Gasteiger partial charge in [-0.15, -0.1) is 0 Å². The van der Waals surface area contributed by atoms with Crippen molar-refractivity contribution in [2.24, 2.45) is 5.14 Å². The molecule has 2 heterocycles. The normalized spacial score (nSPS) is 17.5. The molecule has 1 aromatic heterocycles. The van der Waals surface area contributed by atoms with Gasteiger partial charge in [0.1, 0.15) is 5.75 Å². The van der Waals surface area contributed by atoms with E-state index < -0.39 is 10.0 Å². The second-order valence-electron chi connectivity index (χ2n) is 5.82. The van der Waals surface area contributed by atoms with Crippen molar-refractivity contribution >= 4 is 15.9 Å². The zero-order chi connectivity index (χ0) is 18.0. The first-order chi connectivity index (χ1) is 11.9. The highest BCUT2D eigenvalue weighted by Crippen LogP contribution is 2.34. The van der Waals surface area contributed by atoms with Crippen LogP contribution in [0.25, 0.3) is 0 Å². The molecule has 2 aromatic rings. The van der Waals surface area contributed by atoms with E-state index in [1.807, 2.05) is 18.2 Å². The number of rotatable bonds is 4. The lowest BCUT2D eigenvalue weighted by molar-refractivity contribution is 0.0729. The van der Waals surface area contributed by atoms with Crippen molar-refractivity contribution in [1.29, 1.82) is 0 Å². The van der Waals surface area contributed by atoms with Gasteiger partial charge in [-0.3, -0.25) is 9.78 Å². The fraction of sp³-hybridized carbons (Fsp3) is 0.294. The lowest BCUT2D eigenvalue weighted by Crippen LogP contribution is -2.31. The van der Waals surface area contributed by atoms with Crippen molar-refractivity contribution in [3.05, 3.63) is 53.9 Å². The van der Waals surface area contributed by atoms with E-state index in [1.165, 1.54) is 25.3 Å². The summed E-state index contributed by atoms with van der Waals surface area (Å²) in [5, 5.41) is 5.19. The Hall–Kier alpha value is -2.45. The number of benzene rings is 1. The molecule has 0 saturated carbocycles. The molecular weight excluding hydrogens is 342 g/mol. The molecular formula is C17H19N3O4S. The number of pyridine rings is 1. The minimum Gasteiger partial charge on any atom is -0.496 e. The molecule has 132 valence electrons. The summed E-state index contributed by atoms with van der Waals surface area (Å²) in [6, 6.07) is 9.48. The number of likely N-dealkylation sites (tertiary alicyclic amines) is 1. The number of ether oxygens (including phenoxy) is 1. The van der Waals surface area contributed by atoms with Gasteiger partial charge in [-0.2, -0.15) is 0 Å². The van der Waals surface area contributed by atoms with Gasteiger partial charge >= 0.3 is 0 Å². The maximum Gasteiger partial charge on any atom is 0.258 e. The van der Waals surface area contributed by atoms with Gasteiger partial charge in [0.2, 0.25) is 10.0 Å². The molecule has 7 nitrogen and oxygen atoms in total. The van der Waals surface area contributed by atoms with Gasteiger partial charge in [-0.05, 0) is 43.2 Å². The Morgan fingerprint density at radius 1 is 1.32 bits per heavy atom. The van der Waals surface area contributed by atoms with Crippen LogP contribution in [0.5, 0.6) is 5.75 Å². The Labute approximate surface area is 146 Å². The maximum atomic E-state index is 13.1. The van der Waals surface area contributed by atoms with Crippen LogP contribution in [-0.4, -0.2) is 37.9 Å². The Bertz CT molecular complexity index is 884. The number of methoxy groups -OCH3 is 1. The quantitative estimate of drug-likeness (QED) is 0.893. The van der Waals surface area contributed by atoms with Crippen LogP contribution in [0.1, 0.15) is 34.9 Å². The summed E-state index contributed by atoms with van der Waals surface area (Å²) in [4.78, 5) is 19.0. The van der Waals surface area contributed by atoms with Crippen LogP contribution in [0.2, 0.25) is 0 Å². The topological polar surface area (TPSA) is 103 Å². The summed E-state index contributed by atoms with van der Waals surface area (Å²) >= 11 is 0. The van der Waals surface area contributed by atoms with Gasteiger partial charge in [0.15, 0.2) is 0 Å². The van der Waals surface area contributed by atoms with Gasteiger partial charge in [0.25, 0.3) is 5.91 Å². The zero-order valence-corrected chi connectivity index (χ0v) is 14.6. The summed E-state index contributed by atoms with van der Waals surface area (Å²) in [5.74, 6) is 0.0135. The van der Waals surface area contributed by atoms with Crippen molar-refractivity contribution in [3.63, 3.8) is 0 Å². The smallest absolute Gasteiger partial charge is 0.258 e. The lowest BCUT2D eigenvalue weighted by atomic mass is 10.1. The number of hydrogen-bond acceptors (Lipinski definition) is 5. The highest BCUT2D eigenvalue weighted by molar-refractivity contribution is 7.89. The predicted octanol–water partition coefficient (Wildman–Crippen LogP) is 1.71. The van der Waals surface area contributed by atoms with Crippen LogP contribution < -0.4 is 9.88 Å². The minimum atomic E-state index is -3.91. The first-order valence-corrected chi connectivity index (χ1v) is 9.39. The second-order valence-corrected chi connectivity index (χ2v) is 7.38. The molecule has 0 radical (unpaired) electrons. The molecule has 2 N–H and O–H groups in total. The number of amides is 1. The van der Waals surface area contributed by atoms with Crippen LogP contribution in [-0.2, 0) is 10.0 Å². The molecule has 0 bridgehead atoms. The van der Waals surface area contributed by atoms with Crippen molar-refractivity contribution in [1.82, 2.24) is 9.88 Å². The molecule has 1 aliphatic rings. The number of hydrogen-bond donors (Lipinski definition) is 1. The summed E-state index contributed by atoms with van der Waals surface area (Å²) in [6.45, 7) is 0.572. The number of carbonyl (C=O) groups excluding carboxylic acids is 1. The van der Waals surface area contributed by atoms with E-state index in [0.29, 0.717) is 12.3 Å². The van der Waals surface area contributed by atoms with Gasteiger partial charge in [0, 0.05) is 12.7 Å². The molecule has 1 fully saturated rings. The molecule has 0 spiro atoms. The fourth-order valence-corrected chi connectivity index (χ4v) is 3.62. The van der Waals surface area contributed by atoms with Gasteiger partial charge < -0.3 is 9.64 Å². The highest BCUT2D eigenvalue weighted by Gasteiger charge is 2.33. The predicted molar refractivity (Wildman–Crippen MR) is 91.6 cm³/mol. The first kappa shape index (κ1) is 17.4. The van der Waals surface area contributed by atoms with E-state index in [-0.39, 0.29) is 22.4 Å². The summed E-state index contributed by atoms with van der Waals surface area (Å²) in [6.07, 6.45) is 3.35. The van der Waals surface area contributed by atoms with Crippen LogP contribution in [0, 0.1) is 0 Å². The Kier molecular flexibility index (Phi) is 4.73. The zero-order valence-electron chi connectivity index (χ0n) is 13.8. The largest absolute Gasteiger partial charge is 0.496 e. The standard InChI is InChI=1S/C17H19N3O4S/c1-24-16-8-7-12(25(18,22)23)11-13(16)17(21)20-10-4-6-15(20)14-5-2-3-9-19-14/h2-3,5,7-9,11,15H,4,6,10H2,1H3,(H2,18,22,23)/t15-/m1/s1. The molecule has 1 atom stereocenters. The molecule has 1 amide bonds. The third-order valence-corrected chi connectivity index (χ3v) is 5.18. The average molecular weight is 361 g/mol. The Morgan fingerprint density at radius 2 is 2.12 bits per heavy atom. The van der Waals surface area contributed by atoms with Crippen LogP contribution in [0.4, 0.5) is 0 Å². The molecule has 3 rings (SSSR count). The number of sulfonamides is 1. The molecule has 8 heteroatoms. The molecule has 25 heavy (non-hydrogen) atoms. The van der Waals surface area contributed by atoms with E-state index >= 15 is 0 Å². The SMILES string of the molecule is COc1ccc(S(N)(=O)=O)cc1C(=O)N1CCC[C@@H]1c1ccccn1. The molecule has 0 aliphatic carbocycles. The monoisotopic (exact) mass is 361 g/mol. The molecule has 1 aliphatic heterocycles. The van der Waals surface area contributed by atoms with E-state index in [2.05, 4.69) is 4.98 Å². The van der Waals surface area contributed by atoms with Crippen LogP contribution >= 0.6 is 0 Å². The number of nitrogens with two attached hydrogens (primary N) is 1. The van der Waals surface area contributed by atoms with Gasteiger partial charge in [0.05, 0.1) is 29.3 Å². The molecule has 1 aromatic carbocycles. The first-order valence-electron chi connectivity index (χ1n) is 7.84. The van der Waals surface area contributed by atoms with E-state index in [0.717, 1.165) is 18.5 Å². The molecule has 1 saturated heterocycles. The van der Waals surface area contributed by atoms with Crippen molar-refractivity contribution in [2.45, 2.75) is 23.8 Å². The number of aromatic nitrogens is 1. The summed E-state index contributed by atoms with van der Waals surface area (Å²) < 4.78 is 28.5. The maximum absolute atomic E-state index is 13.1. The van der Waals surface area contributed by atoms with Gasteiger partial charge in [-0.25, -0.2) is 13.6 Å². The average Bonchev–Trinajstić information content (AvgIpc) is 3.10. The highest BCUT2D eigenvalue weighted by atomic mass is 32.2. The Morgan fingerprint density at radius 3 is 2.76 bits per heavy atom. The van der Waals surface area contributed by atoms with E-state index in [9.17, 15) is 13.2 Å². The number of primary sulfonamides is 1. The minimum absolute atomic E-state index is 0.120. The summed E-state index contributed by atoms with van der Waals surface area (Å²) in [5.41, 5.74) is 0.992. The second kappa shape index (κ2) is 6.81. The molecule has 0 unspecified atom stereocenters. The van der Waals surface area contributed by atoms with Crippen molar-refractivity contribution < 1.29 is 17.9 Å². The van der Waals surface area contributed by atoms with Gasteiger partial charge in [-0.1, -0.05) is 6.07 Å². The third-order valence-electron chi connectivity index (χ3n) is 4.27. The van der Waals surface area contributed by atoms with E-state index in [1.54, 1.807) is 11.1 Å². The lowest BCUT2D eigenvalue weighted by Gasteiger charge is -2.25. The van der Waals surface area contributed by atoms with Crippen LogP contribution in [0.15, 0.2) is 47.5 Å². The van der Waals surface area contributed by atoms with E-state index in [4.69, 9.17) is 9.88 Å². The Balaban J connectivity index is 1.99. The third kappa shape index (κ3) is 3.49. The fourth-order valence-electron chi connectivity index (χ4n) is 3.08. The van der Waals surface area contributed by atoms with Crippen LogP contribution in [0.3, 0.4) is 0 Å². The number of carbonyl (C=O) groups is 1. The van der Waals surface area contributed by atoms with Crippen molar-refractivity contribution in [3.8, 4) is 5.75 Å². The van der Waals surface area contributed by atoms with Crippen molar-refractivity contribution in [2.75, 3.05) is 13.7 Å². The summed E-state index contributed by atoms with van der Waals surface area (Å²) in [7, 11) is -2.48. The number of nitrogens with zero attached hydrogens (tertiary/aromatic N) is 2.